The highest BCUT2D eigenvalue weighted by Crippen LogP contribution is 2.66. The molecule has 2 rings (SSSR count). The zero-order chi connectivity index (χ0) is 24.8. The Bertz CT molecular complexity index is 1030. The summed E-state index contributed by atoms with van der Waals surface area (Å²) in [5.74, 6) is -2.13. The number of ether oxygens (including phenoxy) is 1. The van der Waals surface area contributed by atoms with Crippen LogP contribution in [0.5, 0.6) is 0 Å². The molecule has 0 saturated carbocycles. The van der Waals surface area contributed by atoms with Gasteiger partial charge >= 0.3 is 23.5 Å². The van der Waals surface area contributed by atoms with Crippen molar-refractivity contribution in [1.29, 1.82) is 0 Å². The molecule has 32 heavy (non-hydrogen) atoms. The number of alkyl halides is 2. The van der Waals surface area contributed by atoms with E-state index < -0.39 is 53.9 Å². The smallest absolute Gasteiger partial charge is 0.383 e. The Morgan fingerprint density at radius 2 is 1.88 bits per heavy atom. The molecule has 0 amide bonds. The number of hydrogen-bond donors (Lipinski definition) is 6. The highest BCUT2D eigenvalue weighted by molar-refractivity contribution is 7.80. The van der Waals surface area contributed by atoms with Gasteiger partial charge in [-0.05, 0) is 18.3 Å². The monoisotopic (exact) mass is 542 g/mol. The van der Waals surface area contributed by atoms with E-state index in [1.165, 1.54) is 12.0 Å². The van der Waals surface area contributed by atoms with Gasteiger partial charge in [-0.25, -0.2) is 22.5 Å². The molecule has 180 valence electrons. The minimum Gasteiger partial charge on any atom is -0.383 e. The maximum Gasteiger partial charge on any atom is 0.490 e. The van der Waals surface area contributed by atoms with Crippen LogP contribution in [0.2, 0.25) is 0 Å². The molecule has 1 fully saturated rings. The van der Waals surface area contributed by atoms with Crippen LogP contribution < -0.4 is 5.32 Å². The SMILES string of the molecule is C#C[C@@]1(F)C(O)[C@@](F)(COP(=O)(O)OP(=O)(O)OP(=O)(O)O)O[C@H]1N1C=CC(=C)NC1=S. The van der Waals surface area contributed by atoms with Crippen LogP contribution in [0.25, 0.3) is 0 Å². The van der Waals surface area contributed by atoms with Crippen molar-refractivity contribution in [3.8, 4) is 12.3 Å². The number of halogens is 2. The Morgan fingerprint density at radius 3 is 2.38 bits per heavy atom. The molecule has 20 heteroatoms. The average Bonchev–Trinajstić information content (AvgIpc) is 2.80. The standard InChI is InChI=1S/C12H15F2N2O12P3S/c1-3-11(13)8(17)12(14,26-9(11)16-5-4-7(2)15-10(16)32)6-25-30(21,22)28-31(23,24)27-29(18,19)20/h1,4-5,8-9,17H,2,6H2,(H,15,32)(H,21,22)(H,23,24)(H2,18,19,20)/t8?,9-,11-,12-/m1/s1. The van der Waals surface area contributed by atoms with E-state index in [2.05, 4.69) is 25.0 Å². The van der Waals surface area contributed by atoms with Crippen LogP contribution in [0, 0.1) is 12.3 Å². The van der Waals surface area contributed by atoms with Gasteiger partial charge in [0.05, 0.1) is 0 Å². The van der Waals surface area contributed by atoms with E-state index in [4.69, 9.17) is 38.1 Å². The minimum absolute atomic E-state index is 0.260. The Morgan fingerprint density at radius 1 is 1.28 bits per heavy atom. The van der Waals surface area contributed by atoms with E-state index in [0.717, 1.165) is 11.1 Å². The van der Waals surface area contributed by atoms with Crippen LogP contribution in [0.4, 0.5) is 8.78 Å². The number of thiocarbonyl (C=S) groups is 1. The second-order valence-electron chi connectivity index (χ2n) is 6.11. The first-order chi connectivity index (χ1) is 14.3. The van der Waals surface area contributed by atoms with E-state index in [9.17, 15) is 23.7 Å². The van der Waals surface area contributed by atoms with Crippen molar-refractivity contribution < 1.29 is 65.0 Å². The van der Waals surface area contributed by atoms with Crippen molar-refractivity contribution in [2.75, 3.05) is 6.61 Å². The number of nitrogens with one attached hydrogen (secondary N) is 1. The molecule has 0 bridgehead atoms. The number of phosphoric acid groups is 3. The first-order valence-corrected chi connectivity index (χ1v) is 12.7. The Balaban J connectivity index is 2.22. The topological polar surface area (TPSA) is 205 Å². The van der Waals surface area contributed by atoms with Crippen molar-refractivity contribution in [2.45, 2.75) is 23.9 Å². The number of hydrogen-bond acceptors (Lipinski definition) is 9. The van der Waals surface area contributed by atoms with Gasteiger partial charge in [-0.1, -0.05) is 12.5 Å². The zero-order valence-electron chi connectivity index (χ0n) is 15.3. The first kappa shape index (κ1) is 27.2. The molecule has 6 N–H and O–H groups in total. The Hall–Kier alpha value is -1.08. The molecule has 6 atom stereocenters. The summed E-state index contributed by atoms with van der Waals surface area (Å²) in [4.78, 5) is 36.2. The zero-order valence-corrected chi connectivity index (χ0v) is 18.8. The lowest BCUT2D eigenvalue weighted by molar-refractivity contribution is -0.204. The number of nitrogens with zero attached hydrogens (tertiary/aromatic N) is 1. The van der Waals surface area contributed by atoms with Gasteiger partial charge in [0.2, 0.25) is 5.67 Å². The van der Waals surface area contributed by atoms with Gasteiger partial charge in [0.15, 0.2) is 17.4 Å². The molecule has 0 aromatic carbocycles. The lowest BCUT2D eigenvalue weighted by atomic mass is 9.95. The molecule has 2 aliphatic heterocycles. The fraction of sp³-hybridized carbons (Fsp3) is 0.417. The molecule has 2 heterocycles. The maximum absolute atomic E-state index is 15.3. The highest BCUT2D eigenvalue weighted by Gasteiger charge is 2.68. The molecule has 3 unspecified atom stereocenters. The molecule has 2 aliphatic rings. The summed E-state index contributed by atoms with van der Waals surface area (Å²) >= 11 is 4.94. The van der Waals surface area contributed by atoms with Crippen LogP contribution in [0.15, 0.2) is 24.6 Å². The largest absolute Gasteiger partial charge is 0.490 e. The van der Waals surface area contributed by atoms with Gasteiger partial charge in [-0.2, -0.15) is 8.62 Å². The Labute approximate surface area is 183 Å². The average molecular weight is 542 g/mol. The third kappa shape index (κ3) is 6.07. The lowest BCUT2D eigenvalue weighted by Gasteiger charge is -2.34. The van der Waals surface area contributed by atoms with Crippen molar-refractivity contribution in [1.82, 2.24) is 10.2 Å². The molecule has 0 aromatic rings. The van der Waals surface area contributed by atoms with Crippen molar-refractivity contribution >= 4 is 40.8 Å². The summed E-state index contributed by atoms with van der Waals surface area (Å²) in [7, 11) is -17.4. The molecule has 0 aromatic heterocycles. The van der Waals surface area contributed by atoms with Gasteiger partial charge < -0.3 is 34.7 Å². The van der Waals surface area contributed by atoms with Gasteiger partial charge in [0.25, 0.3) is 5.85 Å². The molecule has 0 aliphatic carbocycles. The summed E-state index contributed by atoms with van der Waals surface area (Å²) in [5, 5.41) is 12.4. The predicted molar refractivity (Wildman–Crippen MR) is 103 cm³/mol. The summed E-state index contributed by atoms with van der Waals surface area (Å²) in [6.07, 6.45) is 2.47. The third-order valence-electron chi connectivity index (χ3n) is 3.73. The van der Waals surface area contributed by atoms with Gasteiger partial charge in [-0.3, -0.25) is 9.42 Å². The minimum atomic E-state index is -5.90. The Kier molecular flexibility index (Phi) is 7.59. The molecule has 0 radical (unpaired) electrons. The highest BCUT2D eigenvalue weighted by atomic mass is 32.1. The summed E-state index contributed by atoms with van der Waals surface area (Å²) in [6.45, 7) is 1.71. The number of terminal acetylenes is 1. The van der Waals surface area contributed by atoms with Crippen LogP contribution in [0.3, 0.4) is 0 Å². The molecular weight excluding hydrogens is 527 g/mol. The number of aliphatic hydroxyl groups is 1. The van der Waals surface area contributed by atoms with Crippen molar-refractivity contribution in [3.63, 3.8) is 0 Å². The predicted octanol–water partition coefficient (Wildman–Crippen LogP) is 0.272. The first-order valence-electron chi connectivity index (χ1n) is 7.80. The second kappa shape index (κ2) is 8.94. The van der Waals surface area contributed by atoms with Crippen molar-refractivity contribution in [2.24, 2.45) is 0 Å². The summed E-state index contributed by atoms with van der Waals surface area (Å²) < 4.78 is 79.9. The lowest BCUT2D eigenvalue weighted by Crippen LogP contribution is -2.54. The maximum atomic E-state index is 15.3. The second-order valence-corrected chi connectivity index (χ2v) is 10.9. The fourth-order valence-electron chi connectivity index (χ4n) is 2.45. The molecule has 1 saturated heterocycles. The summed E-state index contributed by atoms with van der Waals surface area (Å²) in [6, 6.07) is 0. The number of phosphoric ester groups is 1. The normalized spacial score (nSPS) is 34.5. The van der Waals surface area contributed by atoms with E-state index in [1.807, 2.05) is 0 Å². The van der Waals surface area contributed by atoms with Crippen LogP contribution in [-0.4, -0.2) is 65.2 Å². The molecular formula is C12H15F2N2O12P3S. The van der Waals surface area contributed by atoms with E-state index >= 15 is 8.78 Å². The number of aliphatic hydroxyl groups excluding tert-OH is 1. The van der Waals surface area contributed by atoms with Crippen LogP contribution in [-0.2, 0) is 31.6 Å². The van der Waals surface area contributed by atoms with Gasteiger partial charge in [0, 0.05) is 11.9 Å². The molecule has 0 spiro atoms. The van der Waals surface area contributed by atoms with Crippen LogP contribution >= 0.6 is 35.7 Å². The van der Waals surface area contributed by atoms with Gasteiger partial charge in [0.1, 0.15) is 6.61 Å². The number of rotatable bonds is 8. The quantitative estimate of drug-likeness (QED) is 0.138. The molecule has 14 nitrogen and oxygen atoms in total. The van der Waals surface area contributed by atoms with E-state index in [0.29, 0.717) is 0 Å². The van der Waals surface area contributed by atoms with Gasteiger partial charge in [-0.15, -0.1) is 6.42 Å². The third-order valence-corrected chi connectivity index (χ3v) is 7.82. The van der Waals surface area contributed by atoms with E-state index in [-0.39, 0.29) is 10.8 Å². The fourth-order valence-corrected chi connectivity index (χ4v) is 5.77. The van der Waals surface area contributed by atoms with Crippen LogP contribution in [0.1, 0.15) is 0 Å². The van der Waals surface area contributed by atoms with Crippen molar-refractivity contribution in [3.05, 3.63) is 24.6 Å². The number of allylic oxidation sites excluding steroid dienone is 1. The summed E-state index contributed by atoms with van der Waals surface area (Å²) in [5.41, 5.74) is -3.03. The van der Waals surface area contributed by atoms with E-state index in [1.54, 1.807) is 0 Å².